The third-order valence-corrected chi connectivity index (χ3v) is 3.54. The second-order valence-electron chi connectivity index (χ2n) is 5.17. The van der Waals surface area contributed by atoms with Crippen molar-refractivity contribution >= 4 is 11.7 Å². The van der Waals surface area contributed by atoms with E-state index in [0.29, 0.717) is 23.8 Å². The zero-order valence-electron chi connectivity index (χ0n) is 13.9. The fourth-order valence-electron chi connectivity index (χ4n) is 2.24. The Morgan fingerprint density at radius 2 is 1.96 bits per heavy atom. The Morgan fingerprint density at radius 1 is 1.16 bits per heavy atom. The standard InChI is InChI=1S/C18H17N3O4/c1-23-15-8-6-12(7-9-15)17-20-16(25-21-17)11-19-14-5-3-4-13(10-14)18(22)24-2/h3-10,19H,11H2,1-2H3. The quantitative estimate of drug-likeness (QED) is 0.690. The van der Waals surface area contributed by atoms with E-state index in [4.69, 9.17) is 14.0 Å². The van der Waals surface area contributed by atoms with Crippen molar-refractivity contribution in [3.63, 3.8) is 0 Å². The first-order valence-electron chi connectivity index (χ1n) is 7.59. The first kappa shape index (κ1) is 16.5. The van der Waals surface area contributed by atoms with E-state index < -0.39 is 0 Å². The minimum absolute atomic E-state index is 0.341. The van der Waals surface area contributed by atoms with Crippen LogP contribution in [0.4, 0.5) is 5.69 Å². The lowest BCUT2D eigenvalue weighted by Gasteiger charge is -2.05. The molecule has 0 saturated heterocycles. The fraction of sp³-hybridized carbons (Fsp3) is 0.167. The van der Waals surface area contributed by atoms with Crippen molar-refractivity contribution in [3.8, 4) is 17.1 Å². The van der Waals surface area contributed by atoms with E-state index in [1.165, 1.54) is 7.11 Å². The smallest absolute Gasteiger partial charge is 0.337 e. The SMILES string of the molecule is COC(=O)c1cccc(NCc2nc(-c3ccc(OC)cc3)no2)c1. The molecule has 128 valence electrons. The zero-order chi connectivity index (χ0) is 17.6. The van der Waals surface area contributed by atoms with E-state index >= 15 is 0 Å². The van der Waals surface area contributed by atoms with Crippen LogP contribution in [0.1, 0.15) is 16.2 Å². The van der Waals surface area contributed by atoms with Gasteiger partial charge in [0.25, 0.3) is 0 Å². The van der Waals surface area contributed by atoms with E-state index in [2.05, 4.69) is 15.5 Å². The third-order valence-electron chi connectivity index (χ3n) is 3.54. The summed E-state index contributed by atoms with van der Waals surface area (Å²) in [5.41, 5.74) is 2.06. The van der Waals surface area contributed by atoms with Crippen LogP contribution < -0.4 is 10.1 Å². The Bertz CT molecular complexity index is 859. The number of ether oxygens (including phenoxy) is 2. The molecule has 25 heavy (non-hydrogen) atoms. The molecular formula is C18H17N3O4. The number of benzene rings is 2. The number of carbonyl (C=O) groups is 1. The number of aromatic nitrogens is 2. The van der Waals surface area contributed by atoms with Gasteiger partial charge in [0.15, 0.2) is 0 Å². The largest absolute Gasteiger partial charge is 0.497 e. The summed E-state index contributed by atoms with van der Waals surface area (Å²) in [7, 11) is 2.96. The van der Waals surface area contributed by atoms with Gasteiger partial charge >= 0.3 is 5.97 Å². The molecule has 0 amide bonds. The number of hydrogen-bond donors (Lipinski definition) is 1. The Hall–Kier alpha value is -3.35. The first-order valence-corrected chi connectivity index (χ1v) is 7.59. The summed E-state index contributed by atoms with van der Waals surface area (Å²) in [4.78, 5) is 15.9. The number of rotatable bonds is 6. The van der Waals surface area contributed by atoms with Crippen LogP contribution >= 0.6 is 0 Å². The third kappa shape index (κ3) is 3.95. The molecule has 0 unspecified atom stereocenters. The monoisotopic (exact) mass is 339 g/mol. The highest BCUT2D eigenvalue weighted by Gasteiger charge is 2.10. The molecule has 0 fully saturated rings. The second-order valence-corrected chi connectivity index (χ2v) is 5.17. The van der Waals surface area contributed by atoms with Crippen LogP contribution in [0.5, 0.6) is 5.75 Å². The Labute approximate surface area is 144 Å². The van der Waals surface area contributed by atoms with Crippen LogP contribution in [0, 0.1) is 0 Å². The van der Waals surface area contributed by atoms with Crippen molar-refractivity contribution in [2.75, 3.05) is 19.5 Å². The minimum Gasteiger partial charge on any atom is -0.497 e. The van der Waals surface area contributed by atoms with Crippen molar-refractivity contribution in [2.24, 2.45) is 0 Å². The highest BCUT2D eigenvalue weighted by atomic mass is 16.5. The molecule has 0 aliphatic rings. The maximum absolute atomic E-state index is 11.5. The number of methoxy groups -OCH3 is 2. The molecule has 0 aliphatic carbocycles. The molecule has 7 nitrogen and oxygen atoms in total. The van der Waals surface area contributed by atoms with E-state index in [0.717, 1.165) is 17.0 Å². The summed E-state index contributed by atoms with van der Waals surface area (Å²) in [6.45, 7) is 0.341. The number of nitrogens with zero attached hydrogens (tertiary/aromatic N) is 2. The number of nitrogens with one attached hydrogen (secondary N) is 1. The summed E-state index contributed by atoms with van der Waals surface area (Å²) < 4.78 is 15.1. The lowest BCUT2D eigenvalue weighted by Crippen LogP contribution is -2.04. The molecule has 3 rings (SSSR count). The van der Waals surface area contributed by atoms with Crippen molar-refractivity contribution in [3.05, 3.63) is 60.0 Å². The average molecular weight is 339 g/mol. The molecular weight excluding hydrogens is 322 g/mol. The Balaban J connectivity index is 1.66. The Morgan fingerprint density at radius 3 is 2.68 bits per heavy atom. The summed E-state index contributed by atoms with van der Waals surface area (Å²) in [6, 6.07) is 14.4. The van der Waals surface area contributed by atoms with E-state index in [1.54, 1.807) is 25.3 Å². The van der Waals surface area contributed by atoms with Crippen LogP contribution in [0.25, 0.3) is 11.4 Å². The van der Waals surface area contributed by atoms with Crippen molar-refractivity contribution in [1.29, 1.82) is 0 Å². The predicted molar refractivity (Wildman–Crippen MR) is 91.4 cm³/mol. The van der Waals surface area contributed by atoms with Gasteiger partial charge in [0, 0.05) is 11.3 Å². The number of esters is 1. The molecule has 2 aromatic carbocycles. The summed E-state index contributed by atoms with van der Waals surface area (Å²) in [5, 5.41) is 7.11. The number of carbonyl (C=O) groups excluding carboxylic acids is 1. The molecule has 3 aromatic rings. The molecule has 0 radical (unpaired) electrons. The van der Waals surface area contributed by atoms with Crippen molar-refractivity contribution in [2.45, 2.75) is 6.54 Å². The summed E-state index contributed by atoms with van der Waals surface area (Å²) in [5.74, 6) is 1.32. The zero-order valence-corrected chi connectivity index (χ0v) is 13.9. The first-order chi connectivity index (χ1) is 12.2. The molecule has 0 aliphatic heterocycles. The van der Waals surface area contributed by atoms with Crippen molar-refractivity contribution < 1.29 is 18.8 Å². The van der Waals surface area contributed by atoms with Gasteiger partial charge in [0.05, 0.1) is 26.3 Å². The number of anilines is 1. The maximum Gasteiger partial charge on any atom is 0.337 e. The highest BCUT2D eigenvalue weighted by molar-refractivity contribution is 5.90. The Kier molecular flexibility index (Phi) is 4.94. The highest BCUT2D eigenvalue weighted by Crippen LogP contribution is 2.20. The van der Waals surface area contributed by atoms with Crippen LogP contribution in [0.3, 0.4) is 0 Å². The van der Waals surface area contributed by atoms with Gasteiger partial charge in [-0.3, -0.25) is 0 Å². The molecule has 0 atom stereocenters. The summed E-state index contributed by atoms with van der Waals surface area (Å²) in [6.07, 6.45) is 0. The van der Waals surface area contributed by atoms with Crippen LogP contribution in [-0.2, 0) is 11.3 Å². The molecule has 1 N–H and O–H groups in total. The van der Waals surface area contributed by atoms with Gasteiger partial charge in [0.1, 0.15) is 5.75 Å². The van der Waals surface area contributed by atoms with Crippen LogP contribution in [0.15, 0.2) is 53.1 Å². The number of hydrogen-bond acceptors (Lipinski definition) is 7. The van der Waals surface area contributed by atoms with Gasteiger partial charge in [-0.15, -0.1) is 0 Å². The molecule has 1 heterocycles. The predicted octanol–water partition coefficient (Wildman–Crippen LogP) is 3.14. The molecule has 1 aromatic heterocycles. The van der Waals surface area contributed by atoms with Gasteiger partial charge in [-0.1, -0.05) is 11.2 Å². The molecule has 0 spiro atoms. The van der Waals surface area contributed by atoms with E-state index in [9.17, 15) is 4.79 Å². The van der Waals surface area contributed by atoms with E-state index in [1.807, 2.05) is 30.3 Å². The lowest BCUT2D eigenvalue weighted by atomic mass is 10.2. The van der Waals surface area contributed by atoms with Gasteiger partial charge in [-0.2, -0.15) is 4.98 Å². The molecule has 7 heteroatoms. The van der Waals surface area contributed by atoms with Gasteiger partial charge in [0.2, 0.25) is 11.7 Å². The molecule has 0 saturated carbocycles. The topological polar surface area (TPSA) is 86.5 Å². The van der Waals surface area contributed by atoms with Gasteiger partial charge in [-0.25, -0.2) is 4.79 Å². The summed E-state index contributed by atoms with van der Waals surface area (Å²) >= 11 is 0. The minimum atomic E-state index is -0.386. The van der Waals surface area contributed by atoms with Crippen LogP contribution in [0.2, 0.25) is 0 Å². The maximum atomic E-state index is 11.5. The fourth-order valence-corrected chi connectivity index (χ4v) is 2.24. The normalized spacial score (nSPS) is 10.3. The molecule has 0 bridgehead atoms. The lowest BCUT2D eigenvalue weighted by molar-refractivity contribution is 0.0601. The van der Waals surface area contributed by atoms with E-state index in [-0.39, 0.29) is 5.97 Å². The van der Waals surface area contributed by atoms with Gasteiger partial charge in [-0.05, 0) is 42.5 Å². The van der Waals surface area contributed by atoms with Crippen molar-refractivity contribution in [1.82, 2.24) is 10.1 Å². The van der Waals surface area contributed by atoms with Gasteiger partial charge < -0.3 is 19.3 Å². The van der Waals surface area contributed by atoms with Crippen LogP contribution in [-0.4, -0.2) is 30.3 Å². The second kappa shape index (κ2) is 7.48. The average Bonchev–Trinajstić information content (AvgIpc) is 3.15.